The molecule has 0 saturated heterocycles. The molecule has 3 rings (SSSR count). The number of rotatable bonds is 5. The van der Waals surface area contributed by atoms with Crippen LogP contribution in [0.15, 0.2) is 42.1 Å². The van der Waals surface area contributed by atoms with Crippen LogP contribution >= 0.6 is 0 Å². The molecular weight excluding hydrogens is 365 g/mol. The zero-order valence-electron chi connectivity index (χ0n) is 16.1. The van der Waals surface area contributed by atoms with Gasteiger partial charge in [0.25, 0.3) is 0 Å². The Morgan fingerprint density at radius 2 is 2.14 bits per heavy atom. The molecule has 1 aliphatic heterocycles. The molecule has 1 aliphatic rings. The Labute approximate surface area is 162 Å². The van der Waals surface area contributed by atoms with Gasteiger partial charge >= 0.3 is 12.0 Å². The Hall–Kier alpha value is -3.23. The first-order valence-electron chi connectivity index (χ1n) is 8.85. The predicted molar refractivity (Wildman–Crippen MR) is 98.8 cm³/mol. The van der Waals surface area contributed by atoms with Crippen molar-refractivity contribution in [1.29, 1.82) is 0 Å². The third-order valence-electron chi connectivity index (χ3n) is 4.52. The van der Waals surface area contributed by atoms with Crippen LogP contribution in [0.1, 0.15) is 32.4 Å². The smallest absolute Gasteiger partial charge is 0.337 e. The summed E-state index contributed by atoms with van der Waals surface area (Å²) in [5.41, 5.74) is 1.41. The van der Waals surface area contributed by atoms with Crippen LogP contribution in [0, 0.1) is 11.7 Å². The van der Waals surface area contributed by atoms with Crippen LogP contribution in [0.25, 0.3) is 5.69 Å². The second-order valence-electron chi connectivity index (χ2n) is 6.93. The van der Waals surface area contributed by atoms with E-state index in [4.69, 9.17) is 4.74 Å². The molecule has 1 aromatic carbocycles. The second-order valence-corrected chi connectivity index (χ2v) is 6.93. The number of carbonyl (C=O) groups is 2. The SMILES string of the molecule is COC(=O)C1=C(C)N(CC(C)C)C(=O)N[C@@H]1c1ccc(-n2cncn2)c(F)c1. The van der Waals surface area contributed by atoms with E-state index >= 15 is 0 Å². The van der Waals surface area contributed by atoms with Crippen LogP contribution in [0.2, 0.25) is 0 Å². The Kier molecular flexibility index (Phi) is 5.43. The van der Waals surface area contributed by atoms with Gasteiger partial charge in [0, 0.05) is 12.2 Å². The van der Waals surface area contributed by atoms with Crippen molar-refractivity contribution < 1.29 is 18.7 Å². The maximum Gasteiger partial charge on any atom is 0.337 e. The number of nitrogens with one attached hydrogen (secondary N) is 1. The van der Waals surface area contributed by atoms with E-state index in [0.717, 1.165) is 0 Å². The number of ether oxygens (including phenoxy) is 1. The third kappa shape index (κ3) is 3.60. The number of carbonyl (C=O) groups excluding carboxylic acids is 2. The molecule has 148 valence electrons. The lowest BCUT2D eigenvalue weighted by Crippen LogP contribution is -2.49. The highest BCUT2D eigenvalue weighted by atomic mass is 19.1. The molecular formula is C19H22FN5O3. The topological polar surface area (TPSA) is 89.4 Å². The Morgan fingerprint density at radius 3 is 2.71 bits per heavy atom. The predicted octanol–water partition coefficient (Wildman–Crippen LogP) is 2.58. The maximum atomic E-state index is 14.7. The van der Waals surface area contributed by atoms with Gasteiger partial charge < -0.3 is 10.1 Å². The molecule has 0 saturated carbocycles. The monoisotopic (exact) mass is 387 g/mol. The van der Waals surface area contributed by atoms with E-state index in [1.54, 1.807) is 13.0 Å². The quantitative estimate of drug-likeness (QED) is 0.797. The molecule has 0 fully saturated rings. The minimum atomic E-state index is -0.817. The van der Waals surface area contributed by atoms with Gasteiger partial charge in [-0.05, 0) is 30.5 Å². The van der Waals surface area contributed by atoms with Crippen LogP contribution in [0.5, 0.6) is 0 Å². The second kappa shape index (κ2) is 7.79. The summed E-state index contributed by atoms with van der Waals surface area (Å²) in [4.78, 5) is 30.4. The molecule has 0 aliphatic carbocycles. The summed E-state index contributed by atoms with van der Waals surface area (Å²) in [5.74, 6) is -0.920. The van der Waals surface area contributed by atoms with Crippen molar-refractivity contribution in [3.8, 4) is 5.69 Å². The minimum absolute atomic E-state index is 0.204. The zero-order chi connectivity index (χ0) is 20.4. The van der Waals surface area contributed by atoms with Gasteiger partial charge in [0.05, 0.1) is 18.7 Å². The van der Waals surface area contributed by atoms with E-state index in [0.29, 0.717) is 17.8 Å². The molecule has 1 N–H and O–H groups in total. The lowest BCUT2D eigenvalue weighted by Gasteiger charge is -2.36. The highest BCUT2D eigenvalue weighted by molar-refractivity contribution is 5.95. The molecule has 2 aromatic rings. The van der Waals surface area contributed by atoms with Crippen molar-refractivity contribution in [3.05, 3.63) is 53.5 Å². The first-order valence-corrected chi connectivity index (χ1v) is 8.85. The number of nitrogens with zero attached hydrogens (tertiary/aromatic N) is 4. The van der Waals surface area contributed by atoms with Gasteiger partial charge in [-0.2, -0.15) is 5.10 Å². The molecule has 8 nitrogen and oxygen atoms in total. The van der Waals surface area contributed by atoms with Gasteiger partial charge in [-0.25, -0.2) is 23.6 Å². The Bertz CT molecular complexity index is 924. The number of allylic oxidation sites excluding steroid dienone is 1. The highest BCUT2D eigenvalue weighted by Gasteiger charge is 2.36. The van der Waals surface area contributed by atoms with Gasteiger partial charge in [0.1, 0.15) is 24.2 Å². The van der Waals surface area contributed by atoms with Crippen molar-refractivity contribution in [2.24, 2.45) is 5.92 Å². The summed E-state index contributed by atoms with van der Waals surface area (Å²) in [6, 6.07) is 3.28. The Morgan fingerprint density at radius 1 is 1.39 bits per heavy atom. The molecule has 0 unspecified atom stereocenters. The highest BCUT2D eigenvalue weighted by Crippen LogP contribution is 2.32. The maximum absolute atomic E-state index is 14.7. The van der Waals surface area contributed by atoms with Crippen LogP contribution in [0.3, 0.4) is 0 Å². The van der Waals surface area contributed by atoms with Crippen molar-refractivity contribution in [2.45, 2.75) is 26.8 Å². The summed E-state index contributed by atoms with van der Waals surface area (Å²) in [7, 11) is 1.28. The molecule has 28 heavy (non-hydrogen) atoms. The molecule has 1 aromatic heterocycles. The van der Waals surface area contributed by atoms with Crippen LogP contribution < -0.4 is 5.32 Å². The van der Waals surface area contributed by atoms with Crippen LogP contribution in [-0.2, 0) is 9.53 Å². The van der Waals surface area contributed by atoms with Gasteiger partial charge in [0.15, 0.2) is 0 Å². The number of methoxy groups -OCH3 is 1. The number of amides is 2. The Balaban J connectivity index is 2.04. The molecule has 2 amide bonds. The number of urea groups is 1. The largest absolute Gasteiger partial charge is 0.466 e. The van der Waals surface area contributed by atoms with Crippen molar-refractivity contribution in [3.63, 3.8) is 0 Å². The number of hydrogen-bond acceptors (Lipinski definition) is 5. The molecule has 0 spiro atoms. The average Bonchev–Trinajstić information content (AvgIpc) is 3.18. The van der Waals surface area contributed by atoms with Crippen molar-refractivity contribution in [2.75, 3.05) is 13.7 Å². The first kappa shape index (κ1) is 19.5. The fourth-order valence-corrected chi connectivity index (χ4v) is 3.21. The van der Waals surface area contributed by atoms with E-state index in [1.807, 2.05) is 13.8 Å². The van der Waals surface area contributed by atoms with E-state index in [2.05, 4.69) is 15.4 Å². The standard InChI is InChI=1S/C19H22FN5O3/c1-11(2)8-24-12(3)16(18(26)28-4)17(23-19(24)27)13-5-6-15(14(20)7-13)25-10-21-9-22-25/h5-7,9-11,17H,8H2,1-4H3,(H,23,27)/t17-/m1/s1. The van der Waals surface area contributed by atoms with E-state index in [-0.39, 0.29) is 23.2 Å². The van der Waals surface area contributed by atoms with E-state index in [9.17, 15) is 14.0 Å². The van der Waals surface area contributed by atoms with Crippen molar-refractivity contribution in [1.82, 2.24) is 25.0 Å². The molecule has 1 atom stereocenters. The van der Waals surface area contributed by atoms with Gasteiger partial charge in [-0.15, -0.1) is 0 Å². The normalized spacial score (nSPS) is 17.1. The number of benzene rings is 1. The summed E-state index contributed by atoms with van der Waals surface area (Å²) < 4.78 is 20.9. The fraction of sp³-hybridized carbons (Fsp3) is 0.368. The molecule has 9 heteroatoms. The van der Waals surface area contributed by atoms with Gasteiger partial charge in [0.2, 0.25) is 0 Å². The first-order chi connectivity index (χ1) is 13.3. The third-order valence-corrected chi connectivity index (χ3v) is 4.52. The van der Waals surface area contributed by atoms with Crippen LogP contribution in [0.4, 0.5) is 9.18 Å². The van der Waals surface area contributed by atoms with Crippen LogP contribution in [-0.4, -0.2) is 45.3 Å². The zero-order valence-corrected chi connectivity index (χ0v) is 16.1. The average molecular weight is 387 g/mol. The summed E-state index contributed by atoms with van der Waals surface area (Å²) in [6.45, 7) is 6.09. The summed E-state index contributed by atoms with van der Waals surface area (Å²) >= 11 is 0. The van der Waals surface area contributed by atoms with Gasteiger partial charge in [-0.1, -0.05) is 19.9 Å². The minimum Gasteiger partial charge on any atom is -0.466 e. The van der Waals surface area contributed by atoms with E-state index < -0.39 is 17.8 Å². The lowest BCUT2D eigenvalue weighted by molar-refractivity contribution is -0.136. The molecule has 2 heterocycles. The number of aromatic nitrogens is 3. The molecule has 0 radical (unpaired) electrons. The summed E-state index contributed by atoms with van der Waals surface area (Å²) in [5, 5.41) is 6.71. The molecule has 0 bridgehead atoms. The van der Waals surface area contributed by atoms with E-state index in [1.165, 1.54) is 41.5 Å². The van der Waals surface area contributed by atoms with Crippen molar-refractivity contribution >= 4 is 12.0 Å². The fourth-order valence-electron chi connectivity index (χ4n) is 3.21. The number of halogens is 1. The number of hydrogen-bond donors (Lipinski definition) is 1. The lowest BCUT2D eigenvalue weighted by atomic mass is 9.94. The summed E-state index contributed by atoms with van der Waals surface area (Å²) in [6.07, 6.45) is 2.69. The number of esters is 1. The van der Waals surface area contributed by atoms with Gasteiger partial charge in [-0.3, -0.25) is 4.90 Å².